The summed E-state index contributed by atoms with van der Waals surface area (Å²) in [6.07, 6.45) is 1.14. The first-order valence-corrected chi connectivity index (χ1v) is 4.18. The van der Waals surface area contributed by atoms with E-state index >= 15 is 0 Å². The second-order valence-electron chi connectivity index (χ2n) is 3.51. The molecule has 64 valence electrons. The van der Waals surface area contributed by atoms with E-state index in [0.29, 0.717) is 18.5 Å². The third kappa shape index (κ3) is 2.89. The van der Waals surface area contributed by atoms with E-state index in [1.165, 1.54) is 0 Å². The molecule has 0 aromatic rings. The number of carbonyl (C=O) groups is 1. The van der Waals surface area contributed by atoms with E-state index in [9.17, 15) is 4.79 Å². The van der Waals surface area contributed by atoms with Crippen LogP contribution in [0, 0.1) is 5.92 Å². The lowest BCUT2D eigenvalue weighted by Crippen LogP contribution is -2.52. The molecule has 1 aliphatic heterocycles. The molecule has 1 amide bonds. The van der Waals surface area contributed by atoms with Gasteiger partial charge >= 0.3 is 0 Å². The van der Waals surface area contributed by atoms with Crippen LogP contribution in [0.4, 0.5) is 0 Å². The van der Waals surface area contributed by atoms with E-state index in [1.54, 1.807) is 0 Å². The van der Waals surface area contributed by atoms with Crippen molar-refractivity contribution < 1.29 is 4.79 Å². The molecule has 1 heterocycles. The lowest BCUT2D eigenvalue weighted by atomic mass is 10.0. The highest BCUT2D eigenvalue weighted by Crippen LogP contribution is 2.04. The van der Waals surface area contributed by atoms with E-state index in [0.717, 1.165) is 13.0 Å². The summed E-state index contributed by atoms with van der Waals surface area (Å²) in [6, 6.07) is 0.479. The largest absolute Gasteiger partial charge is 0.353 e. The van der Waals surface area contributed by atoms with Gasteiger partial charge in [0, 0.05) is 12.6 Å². The molecule has 1 fully saturated rings. The van der Waals surface area contributed by atoms with Crippen LogP contribution in [0.15, 0.2) is 0 Å². The van der Waals surface area contributed by atoms with Gasteiger partial charge in [-0.1, -0.05) is 13.8 Å². The SMILES string of the molecule is CC(C)C[C@H]1CNC(=O)CN1. The van der Waals surface area contributed by atoms with Crippen LogP contribution in [0.1, 0.15) is 20.3 Å². The number of hydrogen-bond acceptors (Lipinski definition) is 2. The van der Waals surface area contributed by atoms with Gasteiger partial charge < -0.3 is 10.6 Å². The normalized spacial score (nSPS) is 25.4. The van der Waals surface area contributed by atoms with Crippen molar-refractivity contribution in [1.29, 1.82) is 0 Å². The molecular formula is C8H16N2O. The van der Waals surface area contributed by atoms with Gasteiger partial charge in [0.1, 0.15) is 0 Å². The van der Waals surface area contributed by atoms with Gasteiger partial charge in [-0.2, -0.15) is 0 Å². The molecule has 0 radical (unpaired) electrons. The molecule has 0 aliphatic carbocycles. The fourth-order valence-electron chi connectivity index (χ4n) is 1.34. The molecule has 0 spiro atoms. The quantitative estimate of drug-likeness (QED) is 0.596. The van der Waals surface area contributed by atoms with E-state index < -0.39 is 0 Å². The Balaban J connectivity index is 2.22. The van der Waals surface area contributed by atoms with Crippen LogP contribution in [-0.2, 0) is 4.79 Å². The smallest absolute Gasteiger partial charge is 0.234 e. The minimum atomic E-state index is 0.116. The summed E-state index contributed by atoms with van der Waals surface area (Å²) < 4.78 is 0. The van der Waals surface area contributed by atoms with Crippen molar-refractivity contribution in [3.8, 4) is 0 Å². The molecule has 1 aliphatic rings. The third-order valence-electron chi connectivity index (χ3n) is 1.85. The zero-order valence-electron chi connectivity index (χ0n) is 7.18. The number of amides is 1. The maximum absolute atomic E-state index is 10.7. The maximum atomic E-state index is 10.7. The molecule has 2 N–H and O–H groups in total. The Kier molecular flexibility index (Phi) is 2.88. The van der Waals surface area contributed by atoms with Crippen LogP contribution < -0.4 is 10.6 Å². The first-order chi connectivity index (χ1) is 5.18. The van der Waals surface area contributed by atoms with Crippen LogP contribution in [0.2, 0.25) is 0 Å². The van der Waals surface area contributed by atoms with Crippen molar-refractivity contribution in [3.63, 3.8) is 0 Å². The molecule has 0 aromatic heterocycles. The number of piperazine rings is 1. The van der Waals surface area contributed by atoms with Crippen LogP contribution in [-0.4, -0.2) is 25.0 Å². The van der Waals surface area contributed by atoms with Gasteiger partial charge in [-0.15, -0.1) is 0 Å². The molecule has 1 atom stereocenters. The van der Waals surface area contributed by atoms with Crippen LogP contribution >= 0.6 is 0 Å². The molecule has 11 heavy (non-hydrogen) atoms. The Hall–Kier alpha value is -0.570. The molecule has 0 saturated carbocycles. The average Bonchev–Trinajstić information content (AvgIpc) is 1.93. The maximum Gasteiger partial charge on any atom is 0.234 e. The summed E-state index contributed by atoms with van der Waals surface area (Å²) in [5.74, 6) is 0.813. The molecule has 0 aromatic carbocycles. The lowest BCUT2D eigenvalue weighted by Gasteiger charge is -2.25. The lowest BCUT2D eigenvalue weighted by molar-refractivity contribution is -0.121. The Bertz CT molecular complexity index is 135. The Morgan fingerprint density at radius 3 is 2.82 bits per heavy atom. The van der Waals surface area contributed by atoms with Gasteiger partial charge in [-0.25, -0.2) is 0 Å². The zero-order chi connectivity index (χ0) is 8.27. The van der Waals surface area contributed by atoms with Crippen LogP contribution in [0.3, 0.4) is 0 Å². The predicted molar refractivity (Wildman–Crippen MR) is 44.3 cm³/mol. The summed E-state index contributed by atoms with van der Waals surface area (Å²) >= 11 is 0. The molecule has 1 saturated heterocycles. The summed E-state index contributed by atoms with van der Waals surface area (Å²) in [6.45, 7) is 5.66. The van der Waals surface area contributed by atoms with Gasteiger partial charge in [0.15, 0.2) is 0 Å². The van der Waals surface area contributed by atoms with Crippen molar-refractivity contribution in [2.24, 2.45) is 5.92 Å². The Morgan fingerprint density at radius 1 is 1.64 bits per heavy atom. The minimum Gasteiger partial charge on any atom is -0.353 e. The summed E-state index contributed by atoms with van der Waals surface area (Å²) in [5, 5.41) is 6.02. The van der Waals surface area contributed by atoms with Crippen molar-refractivity contribution in [1.82, 2.24) is 10.6 Å². The first-order valence-electron chi connectivity index (χ1n) is 4.18. The first kappa shape index (κ1) is 8.53. The van der Waals surface area contributed by atoms with Crippen molar-refractivity contribution in [3.05, 3.63) is 0 Å². The number of nitrogens with one attached hydrogen (secondary N) is 2. The predicted octanol–water partition coefficient (Wildman–Crippen LogP) is 0.120. The van der Waals surface area contributed by atoms with E-state index in [4.69, 9.17) is 0 Å². The summed E-state index contributed by atoms with van der Waals surface area (Å²) in [4.78, 5) is 10.7. The van der Waals surface area contributed by atoms with Crippen LogP contribution in [0.25, 0.3) is 0 Å². The highest BCUT2D eigenvalue weighted by molar-refractivity contribution is 5.78. The monoisotopic (exact) mass is 156 g/mol. The zero-order valence-corrected chi connectivity index (χ0v) is 7.18. The summed E-state index contributed by atoms with van der Waals surface area (Å²) in [5.41, 5.74) is 0. The van der Waals surface area contributed by atoms with Crippen molar-refractivity contribution in [2.75, 3.05) is 13.1 Å². The van der Waals surface area contributed by atoms with Gasteiger partial charge in [0.25, 0.3) is 0 Å². The molecule has 1 rings (SSSR count). The van der Waals surface area contributed by atoms with Crippen molar-refractivity contribution in [2.45, 2.75) is 26.3 Å². The van der Waals surface area contributed by atoms with Gasteiger partial charge in [-0.05, 0) is 12.3 Å². The van der Waals surface area contributed by atoms with Crippen molar-refractivity contribution >= 4 is 5.91 Å². The second-order valence-corrected chi connectivity index (χ2v) is 3.51. The minimum absolute atomic E-state index is 0.116. The van der Waals surface area contributed by atoms with Gasteiger partial charge in [-0.3, -0.25) is 4.79 Å². The van der Waals surface area contributed by atoms with Gasteiger partial charge in [0.2, 0.25) is 5.91 Å². The molecule has 3 nitrogen and oxygen atoms in total. The summed E-state index contributed by atoms with van der Waals surface area (Å²) in [7, 11) is 0. The topological polar surface area (TPSA) is 41.1 Å². The standard InChI is InChI=1S/C8H16N2O/c1-6(2)3-7-4-10-8(11)5-9-7/h6-7,9H,3-5H2,1-2H3,(H,10,11)/t7-/m0/s1. The second kappa shape index (κ2) is 3.72. The highest BCUT2D eigenvalue weighted by Gasteiger charge is 2.17. The third-order valence-corrected chi connectivity index (χ3v) is 1.85. The molecule has 0 unspecified atom stereocenters. The Labute approximate surface area is 67.5 Å². The van der Waals surface area contributed by atoms with E-state index in [1.807, 2.05) is 0 Å². The van der Waals surface area contributed by atoms with Crippen LogP contribution in [0.5, 0.6) is 0 Å². The number of rotatable bonds is 2. The fourth-order valence-corrected chi connectivity index (χ4v) is 1.34. The molecular weight excluding hydrogens is 140 g/mol. The molecule has 0 bridgehead atoms. The number of carbonyl (C=O) groups excluding carboxylic acids is 1. The molecule has 3 heteroatoms. The van der Waals surface area contributed by atoms with E-state index in [2.05, 4.69) is 24.5 Å². The fraction of sp³-hybridized carbons (Fsp3) is 0.875. The number of hydrogen-bond donors (Lipinski definition) is 2. The average molecular weight is 156 g/mol. The Morgan fingerprint density at radius 2 is 2.36 bits per heavy atom. The highest BCUT2D eigenvalue weighted by atomic mass is 16.2. The van der Waals surface area contributed by atoms with Gasteiger partial charge in [0.05, 0.1) is 6.54 Å². The van der Waals surface area contributed by atoms with E-state index in [-0.39, 0.29) is 5.91 Å².